The maximum atomic E-state index is 13.4. The van der Waals surface area contributed by atoms with Gasteiger partial charge in [-0.25, -0.2) is 4.98 Å². The number of nitrogens with zero attached hydrogens (tertiary/aromatic N) is 2. The molecule has 5 rings (SSSR count). The smallest absolute Gasteiger partial charge is 0.268 e. The summed E-state index contributed by atoms with van der Waals surface area (Å²) in [4.78, 5) is 23.3. The van der Waals surface area contributed by atoms with Crippen molar-refractivity contribution in [3.8, 4) is 11.5 Å². The first-order valence-corrected chi connectivity index (χ1v) is 9.21. The molecular formula is C19H22N4O3. The first-order valence-electron chi connectivity index (χ1n) is 9.21. The fraction of sp³-hybridized carbons (Fsp3) is 0.474. The summed E-state index contributed by atoms with van der Waals surface area (Å²) in [5.74, 6) is 1.32. The monoisotopic (exact) mass is 354 g/mol. The van der Waals surface area contributed by atoms with Crippen molar-refractivity contribution in [2.45, 2.75) is 30.9 Å². The summed E-state index contributed by atoms with van der Waals surface area (Å²) < 4.78 is 11.8. The number of piperidine rings is 1. The van der Waals surface area contributed by atoms with Gasteiger partial charge in [0, 0.05) is 18.7 Å². The Kier molecular flexibility index (Phi) is 3.63. The number of H-pyrrole nitrogens is 1. The minimum absolute atomic E-state index is 0.00458. The molecular weight excluding hydrogens is 332 g/mol. The standard InChI is InChI=1S/C19H22N4O3/c24-18(16-11-25-14-3-1-2-4-15(14)26-16)23-10-5-13-17(22-12-21-13)19(23)6-8-20-9-7-19/h1-4,12,16,20H,5-11H2,(H,21,22). The fourth-order valence-corrected chi connectivity index (χ4v) is 4.46. The van der Waals surface area contributed by atoms with Gasteiger partial charge in [0.05, 0.1) is 17.6 Å². The highest BCUT2D eigenvalue weighted by molar-refractivity contribution is 5.83. The largest absolute Gasteiger partial charge is 0.485 e. The van der Waals surface area contributed by atoms with Crippen molar-refractivity contribution >= 4 is 5.91 Å². The van der Waals surface area contributed by atoms with Crippen LogP contribution in [0.3, 0.4) is 0 Å². The molecule has 0 saturated carbocycles. The van der Waals surface area contributed by atoms with Crippen LogP contribution in [0.25, 0.3) is 0 Å². The molecule has 1 atom stereocenters. The number of benzene rings is 1. The van der Waals surface area contributed by atoms with Gasteiger partial charge in [0.1, 0.15) is 6.61 Å². The van der Waals surface area contributed by atoms with Crippen molar-refractivity contribution in [1.29, 1.82) is 0 Å². The number of aromatic nitrogens is 2. The van der Waals surface area contributed by atoms with Gasteiger partial charge >= 0.3 is 0 Å². The van der Waals surface area contributed by atoms with Crippen molar-refractivity contribution in [2.75, 3.05) is 26.2 Å². The van der Waals surface area contributed by atoms with Gasteiger partial charge in [0.25, 0.3) is 5.91 Å². The highest BCUT2D eigenvalue weighted by Crippen LogP contribution is 2.42. The van der Waals surface area contributed by atoms with E-state index in [1.807, 2.05) is 29.2 Å². The SMILES string of the molecule is O=C(C1COc2ccccc2O1)N1CCc2[nH]cnc2C12CCNCC2. The summed E-state index contributed by atoms with van der Waals surface area (Å²) in [5.41, 5.74) is 1.83. The van der Waals surface area contributed by atoms with E-state index in [0.717, 1.165) is 43.7 Å². The molecule has 3 aliphatic heterocycles. The third-order valence-electron chi connectivity index (χ3n) is 5.74. The number of amides is 1. The summed E-state index contributed by atoms with van der Waals surface area (Å²) in [6, 6.07) is 7.50. The molecule has 1 unspecified atom stereocenters. The van der Waals surface area contributed by atoms with E-state index in [4.69, 9.17) is 9.47 Å². The lowest BCUT2D eigenvalue weighted by Crippen LogP contribution is -2.61. The van der Waals surface area contributed by atoms with Crippen LogP contribution >= 0.6 is 0 Å². The Hall–Kier alpha value is -2.54. The van der Waals surface area contributed by atoms with Crippen LogP contribution in [0.15, 0.2) is 30.6 Å². The number of carbonyl (C=O) groups is 1. The second-order valence-corrected chi connectivity index (χ2v) is 7.12. The summed E-state index contributed by atoms with van der Waals surface area (Å²) in [6.07, 6.45) is 3.65. The molecule has 7 heteroatoms. The van der Waals surface area contributed by atoms with Gasteiger partial charge in [0.15, 0.2) is 11.5 Å². The average molecular weight is 354 g/mol. The molecule has 1 aromatic heterocycles. The molecule has 2 N–H and O–H groups in total. The van der Waals surface area contributed by atoms with Crippen LogP contribution in [0, 0.1) is 0 Å². The van der Waals surface area contributed by atoms with Gasteiger partial charge < -0.3 is 24.7 Å². The van der Waals surface area contributed by atoms with E-state index in [1.54, 1.807) is 6.33 Å². The maximum Gasteiger partial charge on any atom is 0.268 e. The molecule has 7 nitrogen and oxygen atoms in total. The molecule has 0 bridgehead atoms. The Bertz CT molecular complexity index is 828. The zero-order valence-electron chi connectivity index (χ0n) is 14.5. The van der Waals surface area contributed by atoms with Crippen molar-refractivity contribution in [2.24, 2.45) is 0 Å². The van der Waals surface area contributed by atoms with Gasteiger partial charge in [-0.3, -0.25) is 4.79 Å². The van der Waals surface area contributed by atoms with E-state index < -0.39 is 6.10 Å². The van der Waals surface area contributed by atoms with Gasteiger partial charge in [-0.2, -0.15) is 0 Å². The van der Waals surface area contributed by atoms with E-state index in [1.165, 1.54) is 0 Å². The number of hydrogen-bond acceptors (Lipinski definition) is 5. The number of hydrogen-bond donors (Lipinski definition) is 2. The normalized spacial score (nSPS) is 23.5. The summed E-state index contributed by atoms with van der Waals surface area (Å²) in [7, 11) is 0. The molecule has 1 amide bonds. The number of nitrogens with one attached hydrogen (secondary N) is 2. The van der Waals surface area contributed by atoms with E-state index >= 15 is 0 Å². The molecule has 1 saturated heterocycles. The van der Waals surface area contributed by atoms with Gasteiger partial charge in [-0.15, -0.1) is 0 Å². The van der Waals surface area contributed by atoms with E-state index in [-0.39, 0.29) is 18.1 Å². The van der Waals surface area contributed by atoms with E-state index in [9.17, 15) is 4.79 Å². The summed E-state index contributed by atoms with van der Waals surface area (Å²) in [5, 5.41) is 3.40. The molecule has 3 aliphatic rings. The first-order chi connectivity index (χ1) is 12.8. The van der Waals surface area contributed by atoms with E-state index in [0.29, 0.717) is 18.0 Å². The molecule has 2 aromatic rings. The van der Waals surface area contributed by atoms with Gasteiger partial charge in [-0.05, 0) is 38.1 Å². The summed E-state index contributed by atoms with van der Waals surface area (Å²) in [6.45, 7) is 2.67. The molecule has 136 valence electrons. The van der Waals surface area contributed by atoms with E-state index in [2.05, 4.69) is 15.3 Å². The molecule has 0 aliphatic carbocycles. The summed E-state index contributed by atoms with van der Waals surface area (Å²) >= 11 is 0. The van der Waals surface area contributed by atoms with Crippen LogP contribution in [0.2, 0.25) is 0 Å². The lowest BCUT2D eigenvalue weighted by Gasteiger charge is -2.49. The molecule has 1 aromatic carbocycles. The Balaban J connectivity index is 1.46. The van der Waals surface area contributed by atoms with Crippen LogP contribution in [0.1, 0.15) is 24.2 Å². The molecule has 1 spiro atoms. The van der Waals surface area contributed by atoms with Crippen LogP contribution in [-0.4, -0.2) is 53.1 Å². The first kappa shape index (κ1) is 15.7. The van der Waals surface area contributed by atoms with Crippen molar-refractivity contribution in [3.63, 3.8) is 0 Å². The fourth-order valence-electron chi connectivity index (χ4n) is 4.46. The van der Waals surface area contributed by atoms with Gasteiger partial charge in [-0.1, -0.05) is 12.1 Å². The topological polar surface area (TPSA) is 79.5 Å². The minimum Gasteiger partial charge on any atom is -0.485 e. The lowest BCUT2D eigenvalue weighted by atomic mass is 9.79. The number of ether oxygens (including phenoxy) is 2. The lowest BCUT2D eigenvalue weighted by molar-refractivity contribution is -0.151. The van der Waals surface area contributed by atoms with Gasteiger partial charge in [0.2, 0.25) is 6.10 Å². The zero-order chi connectivity index (χ0) is 17.6. The van der Waals surface area contributed by atoms with Crippen molar-refractivity contribution in [3.05, 3.63) is 42.0 Å². The number of aromatic amines is 1. The van der Waals surface area contributed by atoms with Crippen molar-refractivity contribution in [1.82, 2.24) is 20.2 Å². The Morgan fingerprint density at radius 1 is 1.23 bits per heavy atom. The number of para-hydroxylation sites is 2. The average Bonchev–Trinajstić information content (AvgIpc) is 3.18. The number of imidazole rings is 1. The third-order valence-corrected chi connectivity index (χ3v) is 5.74. The highest BCUT2D eigenvalue weighted by Gasteiger charge is 2.49. The van der Waals surface area contributed by atoms with Crippen LogP contribution in [0.5, 0.6) is 11.5 Å². The third kappa shape index (κ3) is 2.30. The second kappa shape index (κ2) is 6.02. The minimum atomic E-state index is -0.614. The molecule has 26 heavy (non-hydrogen) atoms. The molecule has 1 fully saturated rings. The highest BCUT2D eigenvalue weighted by atomic mass is 16.6. The quantitative estimate of drug-likeness (QED) is 0.805. The molecule has 0 radical (unpaired) electrons. The Labute approximate surface area is 151 Å². The maximum absolute atomic E-state index is 13.4. The predicted molar refractivity (Wildman–Crippen MR) is 94.1 cm³/mol. The Morgan fingerprint density at radius 2 is 2.04 bits per heavy atom. The molecule has 4 heterocycles. The predicted octanol–water partition coefficient (Wildman–Crippen LogP) is 1.21. The van der Waals surface area contributed by atoms with Crippen LogP contribution in [0.4, 0.5) is 0 Å². The zero-order valence-corrected chi connectivity index (χ0v) is 14.5. The second-order valence-electron chi connectivity index (χ2n) is 7.12. The number of rotatable bonds is 1. The number of fused-ring (bicyclic) bond motifs is 3. The van der Waals surface area contributed by atoms with Crippen LogP contribution < -0.4 is 14.8 Å². The number of carbonyl (C=O) groups excluding carboxylic acids is 1. The Morgan fingerprint density at radius 3 is 2.88 bits per heavy atom. The van der Waals surface area contributed by atoms with Crippen molar-refractivity contribution < 1.29 is 14.3 Å². The van der Waals surface area contributed by atoms with Crippen LogP contribution in [-0.2, 0) is 16.8 Å².